The van der Waals surface area contributed by atoms with E-state index in [2.05, 4.69) is 13.0 Å². The number of rotatable bonds is 6. The number of ether oxygens (including phenoxy) is 2. The summed E-state index contributed by atoms with van der Waals surface area (Å²) in [4.78, 5) is 0. The van der Waals surface area contributed by atoms with Gasteiger partial charge in [-0.05, 0) is 31.4 Å². The van der Waals surface area contributed by atoms with E-state index in [1.807, 2.05) is 18.2 Å². The molecule has 0 amide bonds. The van der Waals surface area contributed by atoms with Gasteiger partial charge in [0.05, 0.1) is 6.61 Å². The van der Waals surface area contributed by atoms with Gasteiger partial charge in [-0.15, -0.1) is 0 Å². The van der Waals surface area contributed by atoms with Crippen LogP contribution in [-0.4, -0.2) is 20.3 Å². The number of aryl methyl sites for hydroxylation is 1. The van der Waals surface area contributed by atoms with E-state index in [-0.39, 0.29) is 0 Å². The maximum Gasteiger partial charge on any atom is 0.122 e. The van der Waals surface area contributed by atoms with Crippen LogP contribution in [-0.2, 0) is 4.74 Å². The summed E-state index contributed by atoms with van der Waals surface area (Å²) in [6.45, 7) is 3.65. The molecule has 0 N–H and O–H groups in total. The van der Waals surface area contributed by atoms with Gasteiger partial charge in [0.2, 0.25) is 0 Å². The molecule has 1 aromatic carbocycles. The van der Waals surface area contributed by atoms with Gasteiger partial charge in [0.1, 0.15) is 5.75 Å². The number of methoxy groups -OCH3 is 1. The molecular formula is C12H18O2. The molecule has 0 atom stereocenters. The van der Waals surface area contributed by atoms with E-state index < -0.39 is 0 Å². The highest BCUT2D eigenvalue weighted by atomic mass is 16.5. The molecular weight excluding hydrogens is 176 g/mol. The van der Waals surface area contributed by atoms with Crippen LogP contribution in [0.25, 0.3) is 0 Å². The van der Waals surface area contributed by atoms with Crippen LogP contribution in [0.4, 0.5) is 0 Å². The van der Waals surface area contributed by atoms with Crippen molar-refractivity contribution in [3.05, 3.63) is 29.8 Å². The molecule has 0 heterocycles. The molecule has 2 heteroatoms. The quantitative estimate of drug-likeness (QED) is 0.648. The average Bonchev–Trinajstić information content (AvgIpc) is 2.20. The molecule has 0 fully saturated rings. The van der Waals surface area contributed by atoms with Crippen molar-refractivity contribution in [3.8, 4) is 5.75 Å². The SMILES string of the molecule is COCCCCOc1ccccc1C. The van der Waals surface area contributed by atoms with E-state index in [0.29, 0.717) is 0 Å². The van der Waals surface area contributed by atoms with Gasteiger partial charge < -0.3 is 9.47 Å². The molecule has 2 nitrogen and oxygen atoms in total. The second kappa shape index (κ2) is 6.44. The molecule has 0 unspecified atom stereocenters. The van der Waals surface area contributed by atoms with Gasteiger partial charge in [-0.3, -0.25) is 0 Å². The molecule has 1 rings (SSSR count). The van der Waals surface area contributed by atoms with Crippen LogP contribution in [0, 0.1) is 6.92 Å². The Balaban J connectivity index is 2.21. The van der Waals surface area contributed by atoms with Crippen LogP contribution in [0.1, 0.15) is 18.4 Å². The average molecular weight is 194 g/mol. The molecule has 0 saturated carbocycles. The van der Waals surface area contributed by atoms with Crippen molar-refractivity contribution in [2.24, 2.45) is 0 Å². The van der Waals surface area contributed by atoms with Crippen LogP contribution in [0.15, 0.2) is 24.3 Å². The maximum atomic E-state index is 5.63. The Morgan fingerprint density at radius 3 is 2.50 bits per heavy atom. The lowest BCUT2D eigenvalue weighted by Crippen LogP contribution is -2.00. The number of hydrogen-bond donors (Lipinski definition) is 0. The van der Waals surface area contributed by atoms with Crippen LogP contribution >= 0.6 is 0 Å². The second-order valence-electron chi connectivity index (χ2n) is 3.31. The van der Waals surface area contributed by atoms with E-state index in [0.717, 1.165) is 31.8 Å². The molecule has 14 heavy (non-hydrogen) atoms. The highest BCUT2D eigenvalue weighted by molar-refractivity contribution is 5.31. The molecule has 0 aliphatic carbocycles. The van der Waals surface area contributed by atoms with Gasteiger partial charge >= 0.3 is 0 Å². The fraction of sp³-hybridized carbons (Fsp3) is 0.500. The predicted molar refractivity (Wildman–Crippen MR) is 57.8 cm³/mol. The molecule has 0 radical (unpaired) electrons. The van der Waals surface area contributed by atoms with Gasteiger partial charge in [-0.2, -0.15) is 0 Å². The standard InChI is InChI=1S/C12H18O2/c1-11-7-3-4-8-12(11)14-10-6-5-9-13-2/h3-4,7-8H,5-6,9-10H2,1-2H3. The molecule has 0 saturated heterocycles. The summed E-state index contributed by atoms with van der Waals surface area (Å²) in [6.07, 6.45) is 2.10. The van der Waals surface area contributed by atoms with E-state index in [1.54, 1.807) is 7.11 Å². The molecule has 0 aliphatic heterocycles. The van der Waals surface area contributed by atoms with Crippen molar-refractivity contribution < 1.29 is 9.47 Å². The first-order chi connectivity index (χ1) is 6.84. The topological polar surface area (TPSA) is 18.5 Å². The fourth-order valence-corrected chi connectivity index (χ4v) is 1.25. The highest BCUT2D eigenvalue weighted by Gasteiger charge is 1.96. The van der Waals surface area contributed by atoms with Crippen molar-refractivity contribution in [2.45, 2.75) is 19.8 Å². The smallest absolute Gasteiger partial charge is 0.122 e. The fourth-order valence-electron chi connectivity index (χ4n) is 1.25. The minimum atomic E-state index is 0.772. The largest absolute Gasteiger partial charge is 0.493 e. The van der Waals surface area contributed by atoms with E-state index in [9.17, 15) is 0 Å². The first kappa shape index (κ1) is 11.1. The Morgan fingerprint density at radius 1 is 1.07 bits per heavy atom. The van der Waals surface area contributed by atoms with Crippen LogP contribution in [0.2, 0.25) is 0 Å². The summed E-state index contributed by atoms with van der Waals surface area (Å²) in [5.41, 5.74) is 1.19. The second-order valence-corrected chi connectivity index (χ2v) is 3.31. The number of para-hydroxylation sites is 1. The lowest BCUT2D eigenvalue weighted by atomic mass is 10.2. The minimum Gasteiger partial charge on any atom is -0.493 e. The molecule has 0 spiro atoms. The predicted octanol–water partition coefficient (Wildman–Crippen LogP) is 2.80. The Labute approximate surface area is 85.8 Å². The lowest BCUT2D eigenvalue weighted by Gasteiger charge is -2.08. The molecule has 0 aromatic heterocycles. The first-order valence-electron chi connectivity index (χ1n) is 5.02. The highest BCUT2D eigenvalue weighted by Crippen LogP contribution is 2.16. The van der Waals surface area contributed by atoms with E-state index >= 15 is 0 Å². The maximum absolute atomic E-state index is 5.63. The first-order valence-corrected chi connectivity index (χ1v) is 5.02. The van der Waals surface area contributed by atoms with Gasteiger partial charge in [0, 0.05) is 13.7 Å². The normalized spacial score (nSPS) is 10.1. The number of hydrogen-bond acceptors (Lipinski definition) is 2. The lowest BCUT2D eigenvalue weighted by molar-refractivity contribution is 0.184. The van der Waals surface area contributed by atoms with Crippen LogP contribution in [0.3, 0.4) is 0 Å². The Hall–Kier alpha value is -1.02. The number of unbranched alkanes of at least 4 members (excludes halogenated alkanes) is 1. The molecule has 1 aromatic rings. The summed E-state index contributed by atoms with van der Waals surface area (Å²) in [7, 11) is 1.72. The monoisotopic (exact) mass is 194 g/mol. The molecule has 0 bridgehead atoms. The summed E-state index contributed by atoms with van der Waals surface area (Å²) < 4.78 is 10.6. The summed E-state index contributed by atoms with van der Waals surface area (Å²) in [5, 5.41) is 0. The molecule has 0 aliphatic rings. The van der Waals surface area contributed by atoms with Gasteiger partial charge in [0.25, 0.3) is 0 Å². The Morgan fingerprint density at radius 2 is 1.79 bits per heavy atom. The van der Waals surface area contributed by atoms with Crippen LogP contribution in [0.5, 0.6) is 5.75 Å². The van der Waals surface area contributed by atoms with Gasteiger partial charge in [-0.25, -0.2) is 0 Å². The Bertz CT molecular complexity index is 258. The zero-order valence-electron chi connectivity index (χ0n) is 8.95. The zero-order chi connectivity index (χ0) is 10.2. The van der Waals surface area contributed by atoms with Gasteiger partial charge in [-0.1, -0.05) is 18.2 Å². The van der Waals surface area contributed by atoms with Gasteiger partial charge in [0.15, 0.2) is 0 Å². The van der Waals surface area contributed by atoms with E-state index in [4.69, 9.17) is 9.47 Å². The third-order valence-corrected chi connectivity index (χ3v) is 2.09. The van der Waals surface area contributed by atoms with Crippen molar-refractivity contribution in [2.75, 3.05) is 20.3 Å². The van der Waals surface area contributed by atoms with E-state index in [1.165, 1.54) is 5.56 Å². The van der Waals surface area contributed by atoms with Crippen molar-refractivity contribution in [1.29, 1.82) is 0 Å². The summed E-state index contributed by atoms with van der Waals surface area (Å²) in [5.74, 6) is 0.991. The third-order valence-electron chi connectivity index (χ3n) is 2.09. The number of benzene rings is 1. The summed E-state index contributed by atoms with van der Waals surface area (Å²) >= 11 is 0. The third kappa shape index (κ3) is 3.79. The minimum absolute atomic E-state index is 0.772. The van der Waals surface area contributed by atoms with Crippen molar-refractivity contribution in [3.63, 3.8) is 0 Å². The van der Waals surface area contributed by atoms with Crippen LogP contribution < -0.4 is 4.74 Å². The molecule has 78 valence electrons. The summed E-state index contributed by atoms with van der Waals surface area (Å²) in [6, 6.07) is 8.08. The van der Waals surface area contributed by atoms with Crippen molar-refractivity contribution >= 4 is 0 Å². The Kier molecular flexibility index (Phi) is 5.08. The zero-order valence-corrected chi connectivity index (χ0v) is 8.95. The van der Waals surface area contributed by atoms with Crippen molar-refractivity contribution in [1.82, 2.24) is 0 Å².